The molecule has 2 amide bonds. The standard InChI is InChI=1S/C12H13ClN2O4/c1-18-10-3-2-8(6-9(10)13)14-11(16)7-15-4-5-19-12(15)17/h2-3,6H,4-5,7H2,1H3,(H,14,16). The van der Waals surface area contributed by atoms with Crippen molar-refractivity contribution >= 4 is 29.3 Å². The maximum atomic E-state index is 11.7. The first kappa shape index (κ1) is 13.5. The summed E-state index contributed by atoms with van der Waals surface area (Å²) in [5.41, 5.74) is 0.545. The van der Waals surface area contributed by atoms with Gasteiger partial charge in [0.05, 0.1) is 18.7 Å². The SMILES string of the molecule is COc1ccc(NC(=O)CN2CCOC2=O)cc1Cl. The number of ether oxygens (including phenoxy) is 2. The second-order valence-electron chi connectivity index (χ2n) is 3.93. The van der Waals surface area contributed by atoms with Gasteiger partial charge < -0.3 is 14.8 Å². The Kier molecular flexibility index (Phi) is 4.11. The first-order chi connectivity index (χ1) is 9.10. The predicted octanol–water partition coefficient (Wildman–Crippen LogP) is 1.74. The molecule has 0 spiro atoms. The quantitative estimate of drug-likeness (QED) is 0.914. The van der Waals surface area contributed by atoms with Crippen molar-refractivity contribution in [2.45, 2.75) is 0 Å². The van der Waals surface area contributed by atoms with E-state index in [0.29, 0.717) is 29.6 Å². The zero-order valence-corrected chi connectivity index (χ0v) is 11.1. The summed E-state index contributed by atoms with van der Waals surface area (Å²) in [5, 5.41) is 3.06. The van der Waals surface area contributed by atoms with Gasteiger partial charge in [0, 0.05) is 5.69 Å². The minimum atomic E-state index is -0.470. The highest BCUT2D eigenvalue weighted by molar-refractivity contribution is 6.32. The summed E-state index contributed by atoms with van der Waals surface area (Å²) >= 11 is 5.95. The molecule has 0 radical (unpaired) electrons. The molecule has 0 saturated carbocycles. The average Bonchev–Trinajstić information content (AvgIpc) is 2.75. The van der Waals surface area contributed by atoms with Crippen LogP contribution in [0.3, 0.4) is 0 Å². The number of methoxy groups -OCH3 is 1. The van der Waals surface area contributed by atoms with Crippen molar-refractivity contribution in [1.82, 2.24) is 4.90 Å². The highest BCUT2D eigenvalue weighted by Crippen LogP contribution is 2.27. The second-order valence-corrected chi connectivity index (χ2v) is 4.34. The van der Waals surface area contributed by atoms with Gasteiger partial charge in [0.1, 0.15) is 18.9 Å². The average molecular weight is 285 g/mol. The molecule has 1 aromatic rings. The maximum absolute atomic E-state index is 11.7. The van der Waals surface area contributed by atoms with Crippen LogP contribution in [0.1, 0.15) is 0 Å². The van der Waals surface area contributed by atoms with Gasteiger partial charge in [0.15, 0.2) is 0 Å². The number of nitrogens with one attached hydrogen (secondary N) is 1. The number of anilines is 1. The van der Waals surface area contributed by atoms with Crippen molar-refractivity contribution < 1.29 is 19.1 Å². The van der Waals surface area contributed by atoms with Gasteiger partial charge in [-0.3, -0.25) is 9.69 Å². The molecule has 0 bridgehead atoms. The van der Waals surface area contributed by atoms with E-state index in [1.807, 2.05) is 0 Å². The first-order valence-corrected chi connectivity index (χ1v) is 6.03. The number of nitrogens with zero attached hydrogens (tertiary/aromatic N) is 1. The summed E-state index contributed by atoms with van der Waals surface area (Å²) in [4.78, 5) is 24.3. The minimum Gasteiger partial charge on any atom is -0.495 e. The summed E-state index contributed by atoms with van der Waals surface area (Å²) in [7, 11) is 1.51. The normalized spacial score (nSPS) is 14.2. The lowest BCUT2D eigenvalue weighted by Crippen LogP contribution is -2.33. The van der Waals surface area contributed by atoms with Gasteiger partial charge in [-0.05, 0) is 18.2 Å². The highest BCUT2D eigenvalue weighted by atomic mass is 35.5. The molecule has 0 atom stereocenters. The molecule has 19 heavy (non-hydrogen) atoms. The Morgan fingerprint density at radius 1 is 1.58 bits per heavy atom. The number of carbonyl (C=O) groups excluding carboxylic acids is 2. The Labute approximate surface area is 115 Å². The highest BCUT2D eigenvalue weighted by Gasteiger charge is 2.24. The van der Waals surface area contributed by atoms with E-state index in [9.17, 15) is 9.59 Å². The first-order valence-electron chi connectivity index (χ1n) is 5.65. The van der Waals surface area contributed by atoms with Gasteiger partial charge >= 0.3 is 6.09 Å². The predicted molar refractivity (Wildman–Crippen MR) is 69.6 cm³/mol. The fourth-order valence-electron chi connectivity index (χ4n) is 1.69. The lowest BCUT2D eigenvalue weighted by molar-refractivity contribution is -0.116. The van der Waals surface area contributed by atoms with Crippen LogP contribution in [0.25, 0.3) is 0 Å². The Morgan fingerprint density at radius 2 is 2.37 bits per heavy atom. The lowest BCUT2D eigenvalue weighted by Gasteiger charge is -2.13. The van der Waals surface area contributed by atoms with E-state index in [1.54, 1.807) is 18.2 Å². The number of benzene rings is 1. The van der Waals surface area contributed by atoms with E-state index in [2.05, 4.69) is 5.32 Å². The Morgan fingerprint density at radius 3 is 2.95 bits per heavy atom. The number of hydrogen-bond acceptors (Lipinski definition) is 4. The fourth-order valence-corrected chi connectivity index (χ4v) is 1.95. The third-order valence-corrected chi connectivity index (χ3v) is 2.91. The van der Waals surface area contributed by atoms with Gasteiger partial charge in [0.25, 0.3) is 0 Å². The molecular formula is C12H13ClN2O4. The molecule has 1 aliphatic heterocycles. The van der Waals surface area contributed by atoms with Crippen LogP contribution >= 0.6 is 11.6 Å². The van der Waals surface area contributed by atoms with Crippen LogP contribution < -0.4 is 10.1 Å². The number of halogens is 1. The third-order valence-electron chi connectivity index (χ3n) is 2.61. The van der Waals surface area contributed by atoms with Crippen LogP contribution in [0.2, 0.25) is 5.02 Å². The number of amides is 2. The van der Waals surface area contributed by atoms with E-state index in [0.717, 1.165) is 0 Å². The molecule has 1 aliphatic rings. The Hall–Kier alpha value is -1.95. The molecule has 2 rings (SSSR count). The summed E-state index contributed by atoms with van der Waals surface area (Å²) in [6, 6.07) is 4.91. The lowest BCUT2D eigenvalue weighted by atomic mass is 10.3. The topological polar surface area (TPSA) is 67.9 Å². The molecule has 102 valence electrons. The van der Waals surface area contributed by atoms with Gasteiger partial charge in [0.2, 0.25) is 5.91 Å². The summed E-state index contributed by atoms with van der Waals surface area (Å²) < 4.78 is 9.75. The van der Waals surface area contributed by atoms with Crippen molar-refractivity contribution in [3.8, 4) is 5.75 Å². The molecule has 1 aromatic carbocycles. The molecular weight excluding hydrogens is 272 g/mol. The molecule has 6 nitrogen and oxygen atoms in total. The Bertz CT molecular complexity index is 507. The van der Waals surface area contributed by atoms with Gasteiger partial charge in [-0.15, -0.1) is 0 Å². The van der Waals surface area contributed by atoms with Gasteiger partial charge in [-0.2, -0.15) is 0 Å². The Balaban J connectivity index is 1.95. The van der Waals surface area contributed by atoms with Crippen LogP contribution in [0, 0.1) is 0 Å². The summed E-state index contributed by atoms with van der Waals surface area (Å²) in [6.45, 7) is 0.707. The molecule has 7 heteroatoms. The van der Waals surface area contributed by atoms with Crippen LogP contribution in [0.15, 0.2) is 18.2 Å². The zero-order chi connectivity index (χ0) is 13.8. The number of hydrogen-bond donors (Lipinski definition) is 1. The molecule has 0 aliphatic carbocycles. The monoisotopic (exact) mass is 284 g/mol. The summed E-state index contributed by atoms with van der Waals surface area (Å²) in [5.74, 6) is 0.225. The smallest absolute Gasteiger partial charge is 0.410 e. The number of rotatable bonds is 4. The maximum Gasteiger partial charge on any atom is 0.410 e. The fraction of sp³-hybridized carbons (Fsp3) is 0.333. The van der Waals surface area contributed by atoms with Crippen molar-refractivity contribution in [2.24, 2.45) is 0 Å². The van der Waals surface area contributed by atoms with E-state index in [1.165, 1.54) is 12.0 Å². The third kappa shape index (κ3) is 3.29. The van der Waals surface area contributed by atoms with E-state index in [-0.39, 0.29) is 12.5 Å². The van der Waals surface area contributed by atoms with Crippen LogP contribution in [0.4, 0.5) is 10.5 Å². The van der Waals surface area contributed by atoms with Crippen molar-refractivity contribution in [2.75, 3.05) is 32.1 Å². The second kappa shape index (κ2) is 5.79. The molecule has 0 aromatic heterocycles. The molecule has 1 N–H and O–H groups in total. The zero-order valence-electron chi connectivity index (χ0n) is 10.3. The minimum absolute atomic E-state index is 0.0392. The molecule has 1 heterocycles. The summed E-state index contributed by atoms with van der Waals surface area (Å²) in [6.07, 6.45) is -0.470. The number of cyclic esters (lactones) is 1. The van der Waals surface area contributed by atoms with Crippen molar-refractivity contribution in [3.63, 3.8) is 0 Å². The van der Waals surface area contributed by atoms with Crippen LogP contribution in [-0.4, -0.2) is 43.7 Å². The van der Waals surface area contributed by atoms with E-state index >= 15 is 0 Å². The van der Waals surface area contributed by atoms with Crippen LogP contribution in [-0.2, 0) is 9.53 Å². The molecule has 1 saturated heterocycles. The molecule has 1 fully saturated rings. The number of carbonyl (C=O) groups is 2. The van der Waals surface area contributed by atoms with Crippen molar-refractivity contribution in [1.29, 1.82) is 0 Å². The largest absolute Gasteiger partial charge is 0.495 e. The van der Waals surface area contributed by atoms with Gasteiger partial charge in [-0.1, -0.05) is 11.6 Å². The van der Waals surface area contributed by atoms with Crippen LogP contribution in [0.5, 0.6) is 5.75 Å². The van der Waals surface area contributed by atoms with Gasteiger partial charge in [-0.25, -0.2) is 4.79 Å². The molecule has 0 unspecified atom stereocenters. The van der Waals surface area contributed by atoms with E-state index in [4.69, 9.17) is 21.1 Å². The van der Waals surface area contributed by atoms with Crippen molar-refractivity contribution in [3.05, 3.63) is 23.2 Å². The van der Waals surface area contributed by atoms with E-state index < -0.39 is 6.09 Å².